The summed E-state index contributed by atoms with van der Waals surface area (Å²) in [5.74, 6) is 2.32. The van der Waals surface area contributed by atoms with Gasteiger partial charge in [0.1, 0.15) is 11.5 Å². The van der Waals surface area contributed by atoms with Crippen LogP contribution >= 0.6 is 11.3 Å². The van der Waals surface area contributed by atoms with Gasteiger partial charge in [-0.15, -0.1) is 11.3 Å². The van der Waals surface area contributed by atoms with Gasteiger partial charge < -0.3 is 19.3 Å². The third kappa shape index (κ3) is 2.89. The summed E-state index contributed by atoms with van der Waals surface area (Å²) in [4.78, 5) is 1.06. The van der Waals surface area contributed by atoms with Crippen LogP contribution in [0, 0.1) is 0 Å². The minimum atomic E-state index is -0.353. The fourth-order valence-corrected chi connectivity index (χ4v) is 4.64. The summed E-state index contributed by atoms with van der Waals surface area (Å²) in [5, 5.41) is 19.3. The lowest BCUT2D eigenvalue weighted by Crippen LogP contribution is -2.33. The van der Waals surface area contributed by atoms with E-state index in [0.717, 1.165) is 21.9 Å². The van der Waals surface area contributed by atoms with E-state index in [1.165, 1.54) is 0 Å². The van der Waals surface area contributed by atoms with E-state index >= 15 is 0 Å². The Hall–Kier alpha value is -3.19. The summed E-state index contributed by atoms with van der Waals surface area (Å²) in [7, 11) is 3.26. The number of nitrogens with zero attached hydrogens (tertiary/aromatic N) is 2. The standard InChI is InChI=1S/C22H20N2O4S/c1-26-13-8-9-18(25)15(11-13)16-12-17-14-5-3-6-19(27-2)21(14)28-22(24(17)23-16)20-7-4-10-29-20/h3-11,17,22,25H,12H2,1-2H3. The molecule has 3 aromatic rings. The molecule has 3 heterocycles. The van der Waals surface area contributed by atoms with Gasteiger partial charge in [0.15, 0.2) is 11.5 Å². The molecule has 7 heteroatoms. The first kappa shape index (κ1) is 17.9. The van der Waals surface area contributed by atoms with Crippen molar-refractivity contribution in [1.82, 2.24) is 5.01 Å². The number of fused-ring (bicyclic) bond motifs is 3. The van der Waals surface area contributed by atoms with E-state index in [-0.39, 0.29) is 18.0 Å². The number of hydrogen-bond acceptors (Lipinski definition) is 7. The lowest BCUT2D eigenvalue weighted by atomic mass is 9.95. The molecule has 0 saturated heterocycles. The normalized spacial score (nSPS) is 19.8. The molecule has 2 aromatic carbocycles. The number of para-hydroxylation sites is 1. The van der Waals surface area contributed by atoms with Crippen molar-refractivity contribution in [1.29, 1.82) is 0 Å². The average molecular weight is 408 g/mol. The Morgan fingerprint density at radius 3 is 2.79 bits per heavy atom. The molecule has 6 nitrogen and oxygen atoms in total. The van der Waals surface area contributed by atoms with Crippen LogP contribution in [0.4, 0.5) is 0 Å². The molecule has 0 bridgehead atoms. The van der Waals surface area contributed by atoms with Gasteiger partial charge in [0.05, 0.1) is 30.9 Å². The van der Waals surface area contributed by atoms with Crippen LogP contribution in [0.25, 0.3) is 0 Å². The van der Waals surface area contributed by atoms with Gasteiger partial charge in [0, 0.05) is 17.5 Å². The maximum atomic E-state index is 10.4. The van der Waals surface area contributed by atoms with Crippen LogP contribution in [0.1, 0.15) is 34.7 Å². The molecular formula is C22H20N2O4S. The molecule has 1 aromatic heterocycles. The molecule has 0 spiro atoms. The van der Waals surface area contributed by atoms with Crippen molar-refractivity contribution in [3.05, 3.63) is 69.9 Å². The molecular weight excluding hydrogens is 388 g/mol. The Kier molecular flexibility index (Phi) is 4.32. The highest BCUT2D eigenvalue weighted by molar-refractivity contribution is 7.10. The van der Waals surface area contributed by atoms with E-state index in [4.69, 9.17) is 19.3 Å². The molecule has 0 amide bonds. The smallest absolute Gasteiger partial charge is 0.223 e. The molecule has 0 aliphatic carbocycles. The second-order valence-electron chi connectivity index (χ2n) is 6.89. The van der Waals surface area contributed by atoms with Crippen molar-refractivity contribution < 1.29 is 19.3 Å². The van der Waals surface area contributed by atoms with Crippen molar-refractivity contribution in [2.24, 2.45) is 5.10 Å². The number of hydrazone groups is 1. The third-order valence-electron chi connectivity index (χ3n) is 5.30. The summed E-state index contributed by atoms with van der Waals surface area (Å²) in [6.45, 7) is 0. The monoisotopic (exact) mass is 408 g/mol. The van der Waals surface area contributed by atoms with Gasteiger partial charge in [0.25, 0.3) is 0 Å². The van der Waals surface area contributed by atoms with Crippen LogP contribution in [-0.2, 0) is 0 Å². The number of phenolic OH excluding ortho intramolecular Hbond substituents is 1. The Balaban J connectivity index is 1.62. The molecule has 2 aliphatic rings. The number of benzene rings is 2. The van der Waals surface area contributed by atoms with Crippen molar-refractivity contribution in [3.8, 4) is 23.0 Å². The van der Waals surface area contributed by atoms with E-state index < -0.39 is 0 Å². The lowest BCUT2D eigenvalue weighted by Gasteiger charge is -2.38. The van der Waals surface area contributed by atoms with E-state index in [2.05, 4.69) is 0 Å². The molecule has 148 valence electrons. The SMILES string of the molecule is COc1ccc(O)c(C2=NN3C(C2)c2cccc(OC)c2OC3c2cccs2)c1. The molecule has 1 N–H and O–H groups in total. The average Bonchev–Trinajstić information content (AvgIpc) is 3.43. The maximum Gasteiger partial charge on any atom is 0.223 e. The first-order valence-corrected chi connectivity index (χ1v) is 10.2. The molecule has 0 radical (unpaired) electrons. The van der Waals surface area contributed by atoms with Gasteiger partial charge in [0.2, 0.25) is 6.23 Å². The zero-order valence-corrected chi connectivity index (χ0v) is 16.8. The zero-order valence-electron chi connectivity index (χ0n) is 16.0. The fraction of sp³-hybridized carbons (Fsp3) is 0.227. The quantitative estimate of drug-likeness (QED) is 0.677. The summed E-state index contributed by atoms with van der Waals surface area (Å²) >= 11 is 1.63. The van der Waals surface area contributed by atoms with Crippen LogP contribution in [0.5, 0.6) is 23.0 Å². The van der Waals surface area contributed by atoms with Crippen molar-refractivity contribution in [3.63, 3.8) is 0 Å². The number of ether oxygens (including phenoxy) is 3. The highest BCUT2D eigenvalue weighted by Crippen LogP contribution is 2.51. The molecule has 29 heavy (non-hydrogen) atoms. The highest BCUT2D eigenvalue weighted by Gasteiger charge is 2.42. The minimum absolute atomic E-state index is 0.0125. The Morgan fingerprint density at radius 1 is 1.14 bits per heavy atom. The van der Waals surface area contributed by atoms with Gasteiger partial charge in [-0.3, -0.25) is 0 Å². The molecule has 5 rings (SSSR count). The van der Waals surface area contributed by atoms with Crippen LogP contribution in [0.15, 0.2) is 59.0 Å². The molecule has 2 unspecified atom stereocenters. The van der Waals surface area contributed by atoms with Gasteiger partial charge in [-0.2, -0.15) is 5.10 Å². The highest BCUT2D eigenvalue weighted by atomic mass is 32.1. The van der Waals surface area contributed by atoms with Gasteiger partial charge in [-0.25, -0.2) is 5.01 Å². The van der Waals surface area contributed by atoms with Crippen LogP contribution < -0.4 is 14.2 Å². The Morgan fingerprint density at radius 2 is 2.03 bits per heavy atom. The van der Waals surface area contributed by atoms with E-state index in [0.29, 0.717) is 23.5 Å². The first-order chi connectivity index (χ1) is 14.2. The summed E-state index contributed by atoms with van der Waals surface area (Å²) in [6, 6.07) is 15.1. The third-order valence-corrected chi connectivity index (χ3v) is 6.20. The van der Waals surface area contributed by atoms with E-state index in [1.54, 1.807) is 37.7 Å². The Bertz CT molecular complexity index is 1080. The zero-order chi connectivity index (χ0) is 20.0. The number of methoxy groups -OCH3 is 2. The van der Waals surface area contributed by atoms with Gasteiger partial charge >= 0.3 is 0 Å². The predicted octanol–water partition coefficient (Wildman–Crippen LogP) is 4.71. The number of thiophene rings is 1. The minimum Gasteiger partial charge on any atom is -0.507 e. The van der Waals surface area contributed by atoms with Crippen molar-refractivity contribution >= 4 is 17.0 Å². The molecule has 2 atom stereocenters. The maximum absolute atomic E-state index is 10.4. The number of hydrogen-bond donors (Lipinski definition) is 1. The second-order valence-corrected chi connectivity index (χ2v) is 7.87. The fourth-order valence-electron chi connectivity index (χ4n) is 3.90. The second kappa shape index (κ2) is 7.00. The molecule has 0 fully saturated rings. The van der Waals surface area contributed by atoms with Gasteiger partial charge in [-0.05, 0) is 35.7 Å². The lowest BCUT2D eigenvalue weighted by molar-refractivity contribution is -0.0184. The predicted molar refractivity (Wildman–Crippen MR) is 111 cm³/mol. The van der Waals surface area contributed by atoms with E-state index in [1.807, 2.05) is 46.8 Å². The summed E-state index contributed by atoms with van der Waals surface area (Å²) < 4.78 is 17.3. The van der Waals surface area contributed by atoms with Crippen LogP contribution in [0.2, 0.25) is 0 Å². The summed E-state index contributed by atoms with van der Waals surface area (Å²) in [5.41, 5.74) is 2.50. The first-order valence-electron chi connectivity index (χ1n) is 9.29. The number of rotatable bonds is 4. The van der Waals surface area contributed by atoms with Crippen LogP contribution in [-0.4, -0.2) is 30.0 Å². The van der Waals surface area contributed by atoms with E-state index in [9.17, 15) is 5.11 Å². The largest absolute Gasteiger partial charge is 0.507 e. The van der Waals surface area contributed by atoms with Gasteiger partial charge in [-0.1, -0.05) is 18.2 Å². The van der Waals surface area contributed by atoms with Crippen LogP contribution in [0.3, 0.4) is 0 Å². The number of aromatic hydroxyl groups is 1. The molecule has 2 aliphatic heterocycles. The van der Waals surface area contributed by atoms with Crippen molar-refractivity contribution in [2.75, 3.05) is 14.2 Å². The topological polar surface area (TPSA) is 63.5 Å². The Labute approximate surface area is 172 Å². The molecule has 0 saturated carbocycles. The van der Waals surface area contributed by atoms with Crippen molar-refractivity contribution in [2.45, 2.75) is 18.7 Å². The summed E-state index contributed by atoms with van der Waals surface area (Å²) in [6.07, 6.45) is 0.292. The number of phenols is 1.